The number of hydrogen-bond donors (Lipinski definition) is 2. The third-order valence-corrected chi connectivity index (χ3v) is 3.92. The van der Waals surface area contributed by atoms with Crippen molar-refractivity contribution in [2.75, 3.05) is 0 Å². The lowest BCUT2D eigenvalue weighted by Gasteiger charge is -2.16. The van der Waals surface area contributed by atoms with E-state index in [4.69, 9.17) is 0 Å². The van der Waals surface area contributed by atoms with Crippen LogP contribution in [0.3, 0.4) is 0 Å². The first-order valence-electron chi connectivity index (χ1n) is 7.79. The third kappa shape index (κ3) is 3.89. The van der Waals surface area contributed by atoms with E-state index in [1.54, 1.807) is 0 Å². The molecule has 0 saturated heterocycles. The van der Waals surface area contributed by atoms with E-state index in [1.807, 2.05) is 49.4 Å². The normalized spacial score (nSPS) is 11.9. The van der Waals surface area contributed by atoms with Crippen molar-refractivity contribution in [1.29, 1.82) is 0 Å². The molecule has 2 N–H and O–H groups in total. The molecule has 3 nitrogen and oxygen atoms in total. The van der Waals surface area contributed by atoms with Crippen molar-refractivity contribution in [3.8, 4) is 0 Å². The van der Waals surface area contributed by atoms with E-state index in [-0.39, 0.29) is 12.1 Å². The van der Waals surface area contributed by atoms with Crippen LogP contribution in [0.1, 0.15) is 24.1 Å². The van der Waals surface area contributed by atoms with E-state index in [0.29, 0.717) is 6.54 Å². The predicted molar refractivity (Wildman–Crippen MR) is 94.2 cm³/mol. The number of benzene rings is 3. The smallest absolute Gasteiger partial charge is 0.315 e. The molecule has 0 aromatic heterocycles. The van der Waals surface area contributed by atoms with Gasteiger partial charge in [0.05, 0.1) is 6.04 Å². The Bertz CT molecular complexity index is 799. The van der Waals surface area contributed by atoms with Gasteiger partial charge in [-0.15, -0.1) is 0 Å². The van der Waals surface area contributed by atoms with Crippen molar-refractivity contribution >= 4 is 16.8 Å². The molecule has 0 aliphatic carbocycles. The summed E-state index contributed by atoms with van der Waals surface area (Å²) in [6.07, 6.45) is 0. The molecule has 0 saturated carbocycles. The summed E-state index contributed by atoms with van der Waals surface area (Å²) in [5, 5.41) is 8.26. The van der Waals surface area contributed by atoms with Crippen LogP contribution in [-0.4, -0.2) is 6.03 Å². The summed E-state index contributed by atoms with van der Waals surface area (Å²) in [4.78, 5) is 12.0. The Morgan fingerprint density at radius 3 is 2.39 bits per heavy atom. The number of rotatable bonds is 4. The zero-order valence-electron chi connectivity index (χ0n) is 13.1. The molecule has 0 fully saturated rings. The Morgan fingerprint density at radius 1 is 0.913 bits per heavy atom. The molecule has 3 rings (SSSR count). The quantitative estimate of drug-likeness (QED) is 0.737. The number of carbonyl (C=O) groups excluding carboxylic acids is 1. The number of carbonyl (C=O) groups is 1. The van der Waals surface area contributed by atoms with Gasteiger partial charge in [0.1, 0.15) is 0 Å². The Morgan fingerprint density at radius 2 is 1.61 bits per heavy atom. The molecule has 0 spiro atoms. The fourth-order valence-corrected chi connectivity index (χ4v) is 2.59. The summed E-state index contributed by atoms with van der Waals surface area (Å²) in [6.45, 7) is 2.52. The van der Waals surface area contributed by atoms with Gasteiger partial charge in [0.15, 0.2) is 0 Å². The topological polar surface area (TPSA) is 41.1 Å². The average molecular weight is 304 g/mol. The van der Waals surface area contributed by atoms with Crippen molar-refractivity contribution < 1.29 is 4.79 Å². The van der Waals surface area contributed by atoms with Crippen LogP contribution in [0, 0.1) is 0 Å². The number of hydrogen-bond acceptors (Lipinski definition) is 1. The van der Waals surface area contributed by atoms with Gasteiger partial charge in [-0.1, -0.05) is 66.7 Å². The molecule has 1 atom stereocenters. The Balaban J connectivity index is 1.61. The lowest BCUT2D eigenvalue weighted by atomic mass is 10.0. The second kappa shape index (κ2) is 6.97. The molecule has 0 radical (unpaired) electrons. The molecule has 0 aliphatic rings. The van der Waals surface area contributed by atoms with E-state index in [0.717, 1.165) is 11.1 Å². The molecule has 23 heavy (non-hydrogen) atoms. The van der Waals surface area contributed by atoms with Crippen LogP contribution >= 0.6 is 0 Å². The molecule has 116 valence electrons. The third-order valence-electron chi connectivity index (χ3n) is 3.92. The Labute approximate surface area is 136 Å². The molecule has 0 aliphatic heterocycles. The van der Waals surface area contributed by atoms with Gasteiger partial charge in [-0.25, -0.2) is 4.79 Å². The highest BCUT2D eigenvalue weighted by molar-refractivity contribution is 5.83. The highest BCUT2D eigenvalue weighted by atomic mass is 16.2. The van der Waals surface area contributed by atoms with E-state index in [2.05, 4.69) is 41.0 Å². The number of urea groups is 1. The second-order valence-electron chi connectivity index (χ2n) is 5.64. The molecular formula is C20H20N2O. The van der Waals surface area contributed by atoms with Gasteiger partial charge in [-0.3, -0.25) is 0 Å². The molecule has 3 heteroatoms. The monoisotopic (exact) mass is 304 g/mol. The van der Waals surface area contributed by atoms with Crippen LogP contribution in [0.2, 0.25) is 0 Å². The van der Waals surface area contributed by atoms with E-state index in [9.17, 15) is 4.79 Å². The molecule has 3 aromatic rings. The summed E-state index contributed by atoms with van der Waals surface area (Å²) in [7, 11) is 0. The molecule has 2 amide bonds. The van der Waals surface area contributed by atoms with E-state index in [1.165, 1.54) is 10.8 Å². The van der Waals surface area contributed by atoms with E-state index >= 15 is 0 Å². The average Bonchev–Trinajstić information content (AvgIpc) is 2.60. The lowest BCUT2D eigenvalue weighted by Crippen LogP contribution is -2.36. The van der Waals surface area contributed by atoms with Gasteiger partial charge >= 0.3 is 6.03 Å². The minimum atomic E-state index is -0.158. The summed E-state index contributed by atoms with van der Waals surface area (Å²) in [6, 6.07) is 24.2. The van der Waals surface area contributed by atoms with Crippen LogP contribution in [0.5, 0.6) is 0 Å². The fourth-order valence-electron chi connectivity index (χ4n) is 2.59. The largest absolute Gasteiger partial charge is 0.334 e. The molecule has 0 unspecified atom stereocenters. The van der Waals surface area contributed by atoms with Crippen molar-refractivity contribution in [3.05, 3.63) is 83.9 Å². The van der Waals surface area contributed by atoms with Gasteiger partial charge in [-0.05, 0) is 34.9 Å². The van der Waals surface area contributed by atoms with E-state index < -0.39 is 0 Å². The zero-order valence-corrected chi connectivity index (χ0v) is 13.1. The maximum atomic E-state index is 12.0. The van der Waals surface area contributed by atoms with Gasteiger partial charge in [-0.2, -0.15) is 0 Å². The maximum absolute atomic E-state index is 12.0. The molecule has 0 bridgehead atoms. The minimum Gasteiger partial charge on any atom is -0.334 e. The van der Waals surface area contributed by atoms with Crippen LogP contribution in [0.4, 0.5) is 4.79 Å². The molecule has 3 aromatic carbocycles. The highest BCUT2D eigenvalue weighted by Gasteiger charge is 2.09. The van der Waals surface area contributed by atoms with Crippen LogP contribution < -0.4 is 10.6 Å². The van der Waals surface area contributed by atoms with Gasteiger partial charge in [0, 0.05) is 6.54 Å². The molecule has 0 heterocycles. The first-order valence-corrected chi connectivity index (χ1v) is 7.79. The van der Waals surface area contributed by atoms with Crippen LogP contribution in [0.25, 0.3) is 10.8 Å². The van der Waals surface area contributed by atoms with Crippen LogP contribution in [-0.2, 0) is 6.54 Å². The van der Waals surface area contributed by atoms with Crippen LogP contribution in [0.15, 0.2) is 72.8 Å². The molecular weight excluding hydrogens is 284 g/mol. The highest BCUT2D eigenvalue weighted by Crippen LogP contribution is 2.20. The Kier molecular flexibility index (Phi) is 4.57. The number of amides is 2. The summed E-state index contributed by atoms with van der Waals surface area (Å²) < 4.78 is 0. The lowest BCUT2D eigenvalue weighted by molar-refractivity contribution is 0.237. The van der Waals surface area contributed by atoms with Crippen molar-refractivity contribution in [2.45, 2.75) is 19.5 Å². The predicted octanol–water partition coefficient (Wildman–Crippen LogP) is 4.40. The van der Waals surface area contributed by atoms with Crippen molar-refractivity contribution in [1.82, 2.24) is 10.6 Å². The first kappa shape index (κ1) is 15.1. The Hall–Kier alpha value is -2.81. The summed E-state index contributed by atoms with van der Waals surface area (Å²) in [5.41, 5.74) is 2.18. The summed E-state index contributed by atoms with van der Waals surface area (Å²) in [5.74, 6) is 0. The standard InChI is InChI=1S/C20H20N2O/c1-15(18-12-11-17-9-5-6-10-19(17)13-18)22-20(23)21-14-16-7-3-2-4-8-16/h2-13,15H,14H2,1H3,(H2,21,22,23)/t15-/m1/s1. The summed E-state index contributed by atoms with van der Waals surface area (Å²) >= 11 is 0. The van der Waals surface area contributed by atoms with Gasteiger partial charge in [0.25, 0.3) is 0 Å². The second-order valence-corrected chi connectivity index (χ2v) is 5.64. The zero-order chi connectivity index (χ0) is 16.1. The van der Waals surface area contributed by atoms with Gasteiger partial charge in [0.2, 0.25) is 0 Å². The minimum absolute atomic E-state index is 0.0459. The maximum Gasteiger partial charge on any atom is 0.315 e. The number of nitrogens with one attached hydrogen (secondary N) is 2. The SMILES string of the molecule is C[C@@H](NC(=O)NCc1ccccc1)c1ccc2ccccc2c1. The van der Waals surface area contributed by atoms with Gasteiger partial charge < -0.3 is 10.6 Å². The first-order chi connectivity index (χ1) is 11.2. The fraction of sp³-hybridized carbons (Fsp3) is 0.150. The number of fused-ring (bicyclic) bond motifs is 1. The van der Waals surface area contributed by atoms with Crippen molar-refractivity contribution in [2.24, 2.45) is 0 Å². The van der Waals surface area contributed by atoms with Crippen molar-refractivity contribution in [3.63, 3.8) is 0 Å².